The number of benzene rings is 1. The second-order valence-electron chi connectivity index (χ2n) is 8.47. The largest absolute Gasteiger partial charge is 0.406 e. The van der Waals surface area contributed by atoms with Gasteiger partial charge in [0, 0.05) is 10.6 Å². The SMILES string of the molecule is CC(C)(C)[Si](C)(C)OC(c1cccc(Cl)c1)c1cc(C2OCCO2)sc1C=O. The number of aldehydes is 1. The molecule has 1 atom stereocenters. The molecule has 1 aliphatic heterocycles. The maximum absolute atomic E-state index is 11.9. The van der Waals surface area contributed by atoms with E-state index < -0.39 is 14.6 Å². The van der Waals surface area contributed by atoms with E-state index in [0.717, 1.165) is 22.3 Å². The van der Waals surface area contributed by atoms with Gasteiger partial charge in [-0.15, -0.1) is 11.3 Å². The standard InChI is InChI=1S/C21H27ClO4SSi/c1-21(2,3)28(4,5)26-19(14-7-6-8-15(22)11-14)16-12-17(27-18(16)13-23)20-24-9-10-25-20/h6-8,11-13,19-20H,9-10H2,1-5H3. The molecule has 3 rings (SSSR count). The fraction of sp³-hybridized carbons (Fsp3) is 0.476. The number of ether oxygens (including phenoxy) is 2. The number of halogens is 1. The van der Waals surface area contributed by atoms with E-state index in [0.29, 0.717) is 23.1 Å². The third-order valence-corrected chi connectivity index (χ3v) is 11.2. The Hall–Kier alpha value is -1.02. The molecular weight excluding hydrogens is 412 g/mol. The molecule has 1 unspecified atom stereocenters. The number of thiophene rings is 1. The molecule has 0 N–H and O–H groups in total. The summed E-state index contributed by atoms with van der Waals surface area (Å²) in [4.78, 5) is 13.4. The molecule has 0 radical (unpaired) electrons. The van der Waals surface area contributed by atoms with Crippen LogP contribution in [-0.2, 0) is 13.9 Å². The summed E-state index contributed by atoms with van der Waals surface area (Å²) in [6.45, 7) is 12.2. The smallest absolute Gasteiger partial charge is 0.193 e. The maximum atomic E-state index is 11.9. The molecule has 0 aliphatic carbocycles. The summed E-state index contributed by atoms with van der Waals surface area (Å²) in [5.41, 5.74) is 1.79. The first-order chi connectivity index (χ1) is 13.1. The average molecular weight is 439 g/mol. The zero-order valence-corrected chi connectivity index (χ0v) is 19.5. The molecule has 0 amide bonds. The molecule has 2 heterocycles. The number of hydrogen-bond acceptors (Lipinski definition) is 5. The van der Waals surface area contributed by atoms with Gasteiger partial charge in [-0.05, 0) is 41.9 Å². The Kier molecular flexibility index (Phi) is 6.49. The van der Waals surface area contributed by atoms with Gasteiger partial charge in [0.05, 0.1) is 29.1 Å². The minimum Gasteiger partial charge on any atom is -0.406 e. The lowest BCUT2D eigenvalue weighted by molar-refractivity contribution is -0.0413. The molecule has 1 saturated heterocycles. The summed E-state index contributed by atoms with van der Waals surface area (Å²) in [6, 6.07) is 9.65. The summed E-state index contributed by atoms with van der Waals surface area (Å²) in [5.74, 6) is 0. The first kappa shape index (κ1) is 21.7. The molecule has 1 aliphatic rings. The highest BCUT2D eigenvalue weighted by atomic mass is 35.5. The van der Waals surface area contributed by atoms with E-state index in [1.807, 2.05) is 30.3 Å². The first-order valence-electron chi connectivity index (χ1n) is 9.37. The van der Waals surface area contributed by atoms with Crippen LogP contribution >= 0.6 is 22.9 Å². The molecular formula is C21H27ClO4SSi. The van der Waals surface area contributed by atoms with Gasteiger partial charge in [0.1, 0.15) is 0 Å². The molecule has 7 heteroatoms. The zero-order chi connectivity index (χ0) is 20.5. The number of carbonyl (C=O) groups excluding carboxylic acids is 1. The molecule has 152 valence electrons. The third-order valence-electron chi connectivity index (χ3n) is 5.42. The summed E-state index contributed by atoms with van der Waals surface area (Å²) in [5, 5.41) is 0.675. The Morgan fingerprint density at radius 3 is 2.50 bits per heavy atom. The van der Waals surface area contributed by atoms with Crippen molar-refractivity contribution >= 4 is 37.5 Å². The Labute approximate surface area is 176 Å². The Balaban J connectivity index is 2.07. The van der Waals surface area contributed by atoms with Crippen LogP contribution in [0.25, 0.3) is 0 Å². The van der Waals surface area contributed by atoms with Crippen molar-refractivity contribution in [1.29, 1.82) is 0 Å². The lowest BCUT2D eigenvalue weighted by Gasteiger charge is -2.39. The molecule has 1 aromatic carbocycles. The van der Waals surface area contributed by atoms with Crippen LogP contribution in [0.3, 0.4) is 0 Å². The fourth-order valence-corrected chi connectivity index (χ4v) is 5.24. The van der Waals surface area contributed by atoms with Crippen molar-refractivity contribution < 1.29 is 18.7 Å². The molecule has 0 bridgehead atoms. The number of rotatable bonds is 6. The van der Waals surface area contributed by atoms with Gasteiger partial charge in [0.25, 0.3) is 0 Å². The second-order valence-corrected chi connectivity index (χ2v) is 14.8. The van der Waals surface area contributed by atoms with Crippen molar-refractivity contribution in [2.24, 2.45) is 0 Å². The Bertz CT molecular complexity index is 837. The summed E-state index contributed by atoms with van der Waals surface area (Å²) < 4.78 is 18.1. The average Bonchev–Trinajstić information content (AvgIpc) is 3.28. The monoisotopic (exact) mass is 438 g/mol. The van der Waals surface area contributed by atoms with Crippen molar-refractivity contribution in [3.05, 3.63) is 56.2 Å². The normalized spacial score (nSPS) is 17.1. The molecule has 0 spiro atoms. The molecule has 1 fully saturated rings. The van der Waals surface area contributed by atoms with Gasteiger partial charge in [0.2, 0.25) is 0 Å². The van der Waals surface area contributed by atoms with Crippen LogP contribution in [0.5, 0.6) is 0 Å². The maximum Gasteiger partial charge on any atom is 0.193 e. The van der Waals surface area contributed by atoms with Gasteiger partial charge < -0.3 is 13.9 Å². The molecule has 4 nitrogen and oxygen atoms in total. The molecule has 0 saturated carbocycles. The van der Waals surface area contributed by atoms with Crippen LogP contribution in [0, 0.1) is 0 Å². The molecule has 1 aromatic heterocycles. The minimum atomic E-state index is -2.13. The second kappa shape index (κ2) is 8.38. The predicted molar refractivity (Wildman–Crippen MR) is 116 cm³/mol. The zero-order valence-electron chi connectivity index (χ0n) is 17.0. The van der Waals surface area contributed by atoms with Crippen LogP contribution in [0.15, 0.2) is 30.3 Å². The van der Waals surface area contributed by atoms with Gasteiger partial charge in [-0.2, -0.15) is 0 Å². The van der Waals surface area contributed by atoms with Crippen molar-refractivity contribution in [2.45, 2.75) is 51.3 Å². The fourth-order valence-electron chi connectivity index (χ4n) is 2.83. The van der Waals surface area contributed by atoms with Gasteiger partial charge in [-0.3, -0.25) is 4.79 Å². The number of carbonyl (C=O) groups is 1. The Morgan fingerprint density at radius 1 is 1.25 bits per heavy atom. The lowest BCUT2D eigenvalue weighted by atomic mass is 10.0. The van der Waals surface area contributed by atoms with Crippen LogP contribution in [0.4, 0.5) is 0 Å². The third kappa shape index (κ3) is 4.58. The number of hydrogen-bond donors (Lipinski definition) is 0. The van der Waals surface area contributed by atoms with Crippen LogP contribution in [0.2, 0.25) is 23.2 Å². The van der Waals surface area contributed by atoms with E-state index >= 15 is 0 Å². The molecule has 28 heavy (non-hydrogen) atoms. The van der Waals surface area contributed by atoms with Crippen LogP contribution in [-0.4, -0.2) is 27.8 Å². The van der Waals surface area contributed by atoms with Crippen molar-refractivity contribution in [3.63, 3.8) is 0 Å². The van der Waals surface area contributed by atoms with E-state index in [1.165, 1.54) is 11.3 Å². The predicted octanol–water partition coefficient (Wildman–Crippen LogP) is 6.37. The summed E-state index contributed by atoms with van der Waals surface area (Å²) in [6.07, 6.45) is 0.113. The van der Waals surface area contributed by atoms with Crippen molar-refractivity contribution in [3.8, 4) is 0 Å². The van der Waals surface area contributed by atoms with Crippen LogP contribution < -0.4 is 0 Å². The molecule has 2 aromatic rings. The van der Waals surface area contributed by atoms with Crippen LogP contribution in [0.1, 0.15) is 58.8 Å². The van der Waals surface area contributed by atoms with E-state index in [2.05, 4.69) is 33.9 Å². The summed E-state index contributed by atoms with van der Waals surface area (Å²) in [7, 11) is -2.13. The topological polar surface area (TPSA) is 44.8 Å². The van der Waals surface area contributed by atoms with E-state index in [9.17, 15) is 4.79 Å². The highest BCUT2D eigenvalue weighted by Crippen LogP contribution is 2.44. The lowest BCUT2D eigenvalue weighted by Crippen LogP contribution is -2.42. The van der Waals surface area contributed by atoms with Crippen molar-refractivity contribution in [1.82, 2.24) is 0 Å². The van der Waals surface area contributed by atoms with E-state index in [4.69, 9.17) is 25.5 Å². The van der Waals surface area contributed by atoms with Gasteiger partial charge in [-0.1, -0.05) is 44.5 Å². The van der Waals surface area contributed by atoms with E-state index in [-0.39, 0.29) is 11.1 Å². The van der Waals surface area contributed by atoms with Gasteiger partial charge >= 0.3 is 0 Å². The highest BCUT2D eigenvalue weighted by Gasteiger charge is 2.40. The quantitative estimate of drug-likeness (QED) is 0.388. The van der Waals surface area contributed by atoms with E-state index in [1.54, 1.807) is 0 Å². The van der Waals surface area contributed by atoms with Gasteiger partial charge in [-0.25, -0.2) is 0 Å². The minimum absolute atomic E-state index is 0.0295. The van der Waals surface area contributed by atoms with Crippen molar-refractivity contribution in [2.75, 3.05) is 13.2 Å². The van der Waals surface area contributed by atoms with Gasteiger partial charge in [0.15, 0.2) is 20.9 Å². The highest BCUT2D eigenvalue weighted by molar-refractivity contribution is 7.13. The summed E-state index contributed by atoms with van der Waals surface area (Å²) >= 11 is 7.67. The first-order valence-corrected chi connectivity index (χ1v) is 13.5. The Morgan fingerprint density at radius 2 is 1.93 bits per heavy atom.